The van der Waals surface area contributed by atoms with E-state index in [4.69, 9.17) is 4.74 Å². The molecule has 1 saturated heterocycles. The average Bonchev–Trinajstić information content (AvgIpc) is 2.78. The van der Waals surface area contributed by atoms with Crippen LogP contribution >= 0.6 is 27.3 Å². The van der Waals surface area contributed by atoms with E-state index in [0.717, 1.165) is 25.7 Å². The summed E-state index contributed by atoms with van der Waals surface area (Å²) in [7, 11) is 0. The average molecular weight is 318 g/mol. The van der Waals surface area contributed by atoms with Crippen LogP contribution in [0, 0.1) is 5.92 Å². The molecule has 2 rings (SSSR count). The minimum Gasteiger partial charge on any atom is -0.381 e. The SMILES string of the molecule is CCCNC(c1ccc(Br)s1)C1CCOCC1. The molecule has 0 amide bonds. The summed E-state index contributed by atoms with van der Waals surface area (Å²) in [5.41, 5.74) is 0. The first-order chi connectivity index (χ1) is 8.31. The van der Waals surface area contributed by atoms with Gasteiger partial charge in [0.1, 0.15) is 0 Å². The van der Waals surface area contributed by atoms with Gasteiger partial charge in [-0.3, -0.25) is 0 Å². The normalized spacial score (nSPS) is 19.4. The molecule has 1 aromatic heterocycles. The maximum atomic E-state index is 5.46. The molecule has 0 saturated carbocycles. The Bertz CT molecular complexity index is 336. The first-order valence-corrected chi connectivity index (χ1v) is 7.98. The molecule has 0 aromatic carbocycles. The van der Waals surface area contributed by atoms with Crippen LogP contribution in [0.15, 0.2) is 15.9 Å². The summed E-state index contributed by atoms with van der Waals surface area (Å²) in [6.07, 6.45) is 3.54. The summed E-state index contributed by atoms with van der Waals surface area (Å²) in [5.74, 6) is 0.723. The van der Waals surface area contributed by atoms with Gasteiger partial charge in [0.2, 0.25) is 0 Å². The van der Waals surface area contributed by atoms with E-state index in [9.17, 15) is 0 Å². The van der Waals surface area contributed by atoms with Gasteiger partial charge in [0.25, 0.3) is 0 Å². The van der Waals surface area contributed by atoms with Gasteiger partial charge in [0.15, 0.2) is 0 Å². The van der Waals surface area contributed by atoms with Crippen molar-refractivity contribution < 1.29 is 4.74 Å². The van der Waals surface area contributed by atoms with Crippen LogP contribution in [0.2, 0.25) is 0 Å². The van der Waals surface area contributed by atoms with Crippen molar-refractivity contribution in [3.05, 3.63) is 20.8 Å². The zero-order valence-electron chi connectivity index (χ0n) is 10.2. The topological polar surface area (TPSA) is 21.3 Å². The zero-order valence-corrected chi connectivity index (χ0v) is 12.6. The highest BCUT2D eigenvalue weighted by Crippen LogP contribution is 2.35. The van der Waals surface area contributed by atoms with Crippen molar-refractivity contribution in [3.8, 4) is 0 Å². The van der Waals surface area contributed by atoms with Crippen molar-refractivity contribution in [1.82, 2.24) is 5.32 Å². The van der Waals surface area contributed by atoms with Gasteiger partial charge in [-0.15, -0.1) is 11.3 Å². The highest BCUT2D eigenvalue weighted by Gasteiger charge is 2.25. The number of halogens is 1. The molecule has 96 valence electrons. The number of hydrogen-bond donors (Lipinski definition) is 1. The quantitative estimate of drug-likeness (QED) is 0.887. The van der Waals surface area contributed by atoms with Crippen molar-refractivity contribution >= 4 is 27.3 Å². The molecule has 1 aromatic rings. The Morgan fingerprint density at radius 1 is 1.47 bits per heavy atom. The third kappa shape index (κ3) is 3.78. The van der Waals surface area contributed by atoms with E-state index in [1.165, 1.54) is 27.9 Å². The van der Waals surface area contributed by atoms with E-state index in [1.54, 1.807) is 0 Å². The van der Waals surface area contributed by atoms with Crippen molar-refractivity contribution in [2.45, 2.75) is 32.2 Å². The molecule has 1 N–H and O–H groups in total. The van der Waals surface area contributed by atoms with Gasteiger partial charge < -0.3 is 10.1 Å². The summed E-state index contributed by atoms with van der Waals surface area (Å²) in [5, 5.41) is 3.70. The first kappa shape index (κ1) is 13.5. The Morgan fingerprint density at radius 3 is 2.82 bits per heavy atom. The molecular weight excluding hydrogens is 298 g/mol. The lowest BCUT2D eigenvalue weighted by Crippen LogP contribution is -2.32. The third-order valence-corrected chi connectivity index (χ3v) is 4.96. The second-order valence-corrected chi connectivity index (χ2v) is 7.02. The van der Waals surface area contributed by atoms with Crippen LogP contribution in [0.3, 0.4) is 0 Å². The summed E-state index contributed by atoms with van der Waals surface area (Å²) in [4.78, 5) is 1.46. The second-order valence-electron chi connectivity index (χ2n) is 4.52. The Hall–Kier alpha value is 0.1000. The largest absolute Gasteiger partial charge is 0.381 e. The number of thiophene rings is 1. The van der Waals surface area contributed by atoms with Crippen LogP contribution in [0.1, 0.15) is 37.1 Å². The minimum atomic E-state index is 0.509. The standard InChI is InChI=1S/C13H20BrNOS/c1-2-7-15-13(10-5-8-16-9-6-10)11-3-4-12(14)17-11/h3-4,10,13,15H,2,5-9H2,1H3. The molecule has 0 spiro atoms. The van der Waals surface area contributed by atoms with Crippen LogP contribution in [-0.4, -0.2) is 19.8 Å². The monoisotopic (exact) mass is 317 g/mol. The molecule has 0 aliphatic carbocycles. The van der Waals surface area contributed by atoms with Gasteiger partial charge in [-0.2, -0.15) is 0 Å². The van der Waals surface area contributed by atoms with E-state index in [0.29, 0.717) is 6.04 Å². The summed E-state index contributed by atoms with van der Waals surface area (Å²) >= 11 is 5.41. The lowest BCUT2D eigenvalue weighted by molar-refractivity contribution is 0.0540. The van der Waals surface area contributed by atoms with E-state index >= 15 is 0 Å². The lowest BCUT2D eigenvalue weighted by Gasteiger charge is -2.30. The van der Waals surface area contributed by atoms with E-state index in [2.05, 4.69) is 40.3 Å². The Kier molecular flexibility index (Phi) is 5.48. The summed E-state index contributed by atoms with van der Waals surface area (Å²) < 4.78 is 6.69. The molecule has 0 bridgehead atoms. The van der Waals surface area contributed by atoms with Gasteiger partial charge in [0.05, 0.1) is 3.79 Å². The molecule has 2 nitrogen and oxygen atoms in total. The van der Waals surface area contributed by atoms with Gasteiger partial charge in [-0.05, 0) is 59.8 Å². The van der Waals surface area contributed by atoms with Gasteiger partial charge in [-0.25, -0.2) is 0 Å². The lowest BCUT2D eigenvalue weighted by atomic mass is 9.90. The predicted octanol–water partition coefficient (Wildman–Crippen LogP) is 3.98. The smallest absolute Gasteiger partial charge is 0.0701 e. The molecule has 17 heavy (non-hydrogen) atoms. The fraction of sp³-hybridized carbons (Fsp3) is 0.692. The van der Waals surface area contributed by atoms with E-state index in [1.807, 2.05) is 11.3 Å². The van der Waals surface area contributed by atoms with Crippen LogP contribution < -0.4 is 5.32 Å². The van der Waals surface area contributed by atoms with E-state index in [-0.39, 0.29) is 0 Å². The van der Waals surface area contributed by atoms with Crippen molar-refractivity contribution in [2.24, 2.45) is 5.92 Å². The maximum Gasteiger partial charge on any atom is 0.0701 e. The third-order valence-electron chi connectivity index (χ3n) is 3.25. The van der Waals surface area contributed by atoms with Crippen LogP contribution in [0.4, 0.5) is 0 Å². The zero-order chi connectivity index (χ0) is 12.1. The number of rotatable bonds is 5. The Morgan fingerprint density at radius 2 is 2.24 bits per heavy atom. The van der Waals surface area contributed by atoms with Crippen molar-refractivity contribution in [1.29, 1.82) is 0 Å². The fourth-order valence-electron chi connectivity index (χ4n) is 2.34. The van der Waals surface area contributed by atoms with Crippen LogP contribution in [0.25, 0.3) is 0 Å². The Balaban J connectivity index is 2.06. The fourth-order valence-corrected chi connectivity index (χ4v) is 3.94. The highest BCUT2D eigenvalue weighted by molar-refractivity contribution is 9.11. The van der Waals surface area contributed by atoms with Crippen molar-refractivity contribution in [3.63, 3.8) is 0 Å². The molecule has 1 fully saturated rings. The minimum absolute atomic E-state index is 0.509. The maximum absolute atomic E-state index is 5.46. The van der Waals surface area contributed by atoms with Crippen LogP contribution in [0.5, 0.6) is 0 Å². The van der Waals surface area contributed by atoms with Crippen molar-refractivity contribution in [2.75, 3.05) is 19.8 Å². The summed E-state index contributed by atoms with van der Waals surface area (Å²) in [6, 6.07) is 4.91. The Labute approximate surface area is 116 Å². The molecule has 0 radical (unpaired) electrons. The van der Waals surface area contributed by atoms with Gasteiger partial charge >= 0.3 is 0 Å². The van der Waals surface area contributed by atoms with Gasteiger partial charge in [-0.1, -0.05) is 6.92 Å². The molecule has 4 heteroatoms. The second kappa shape index (κ2) is 6.88. The number of nitrogens with one attached hydrogen (secondary N) is 1. The molecule has 1 atom stereocenters. The number of ether oxygens (including phenoxy) is 1. The molecule has 2 heterocycles. The van der Waals surface area contributed by atoms with Crippen LogP contribution in [-0.2, 0) is 4.74 Å². The molecule has 1 aliphatic rings. The summed E-state index contributed by atoms with van der Waals surface area (Å²) in [6.45, 7) is 5.15. The first-order valence-electron chi connectivity index (χ1n) is 6.37. The molecule has 1 aliphatic heterocycles. The van der Waals surface area contributed by atoms with Gasteiger partial charge in [0, 0.05) is 24.1 Å². The van der Waals surface area contributed by atoms with E-state index < -0.39 is 0 Å². The molecule has 1 unspecified atom stereocenters. The highest BCUT2D eigenvalue weighted by atomic mass is 79.9. The predicted molar refractivity (Wildman–Crippen MR) is 76.6 cm³/mol. The molecular formula is C13H20BrNOS. The number of hydrogen-bond acceptors (Lipinski definition) is 3.